The Morgan fingerprint density at radius 1 is 0.926 bits per heavy atom. The lowest BCUT2D eigenvalue weighted by Crippen LogP contribution is -2.26. The van der Waals surface area contributed by atoms with E-state index in [2.05, 4.69) is 20.6 Å². The second-order valence-corrected chi connectivity index (χ2v) is 6.32. The zero-order valence-electron chi connectivity index (χ0n) is 14.6. The van der Waals surface area contributed by atoms with E-state index in [4.69, 9.17) is 11.6 Å². The number of carbonyl (C=O) groups excluding carboxylic acids is 2. The molecule has 1 heterocycles. The van der Waals surface area contributed by atoms with Crippen LogP contribution in [0, 0.1) is 6.92 Å². The van der Waals surface area contributed by atoms with E-state index < -0.39 is 5.91 Å². The van der Waals surface area contributed by atoms with Gasteiger partial charge in [0.2, 0.25) is 0 Å². The molecule has 0 saturated carbocycles. The summed E-state index contributed by atoms with van der Waals surface area (Å²) in [4.78, 5) is 33.0. The van der Waals surface area contributed by atoms with Gasteiger partial charge in [-0.3, -0.25) is 9.59 Å². The molecule has 0 bridgehead atoms. The first-order valence-electron chi connectivity index (χ1n) is 8.24. The van der Waals surface area contributed by atoms with Gasteiger partial charge in [0.05, 0.1) is 0 Å². The highest BCUT2D eigenvalue weighted by Gasteiger charge is 2.17. The molecule has 0 aliphatic carbocycles. The van der Waals surface area contributed by atoms with E-state index in [0.717, 1.165) is 11.1 Å². The molecule has 3 aromatic rings. The minimum atomic E-state index is -0.433. The molecule has 0 aliphatic heterocycles. The van der Waals surface area contributed by atoms with Gasteiger partial charge in [-0.05, 0) is 36.8 Å². The Hall–Kier alpha value is -3.25. The molecule has 3 rings (SSSR count). The summed E-state index contributed by atoms with van der Waals surface area (Å²) in [6, 6.07) is 14.2. The first-order chi connectivity index (χ1) is 13.0. The number of hydrogen-bond acceptors (Lipinski definition) is 4. The van der Waals surface area contributed by atoms with Crippen LogP contribution in [0.2, 0.25) is 5.02 Å². The van der Waals surface area contributed by atoms with E-state index >= 15 is 0 Å². The second-order valence-electron chi connectivity index (χ2n) is 5.88. The lowest BCUT2D eigenvalue weighted by atomic mass is 10.1. The van der Waals surface area contributed by atoms with Gasteiger partial charge in [-0.15, -0.1) is 0 Å². The van der Waals surface area contributed by atoms with Crippen molar-refractivity contribution in [2.75, 3.05) is 5.32 Å². The van der Waals surface area contributed by atoms with Crippen LogP contribution in [0.25, 0.3) is 0 Å². The fraction of sp³-hybridized carbons (Fsp3) is 0.100. The molecule has 1 aromatic heterocycles. The molecular weight excluding hydrogens is 364 g/mol. The first kappa shape index (κ1) is 18.5. The predicted octanol–water partition coefficient (Wildman–Crippen LogP) is 3.62. The van der Waals surface area contributed by atoms with Crippen molar-refractivity contribution in [2.24, 2.45) is 0 Å². The average molecular weight is 381 g/mol. The molecule has 2 amide bonds. The van der Waals surface area contributed by atoms with Crippen LogP contribution in [0.15, 0.2) is 60.9 Å². The van der Waals surface area contributed by atoms with Gasteiger partial charge in [-0.1, -0.05) is 41.4 Å². The number of hydrogen-bond donors (Lipinski definition) is 2. The van der Waals surface area contributed by atoms with Gasteiger partial charge >= 0.3 is 0 Å². The molecule has 2 aromatic carbocycles. The van der Waals surface area contributed by atoms with Crippen molar-refractivity contribution in [1.29, 1.82) is 0 Å². The minimum absolute atomic E-state index is 0.0481. The van der Waals surface area contributed by atoms with Gasteiger partial charge in [0.15, 0.2) is 11.5 Å². The summed E-state index contributed by atoms with van der Waals surface area (Å²) in [5, 5.41) is 6.03. The van der Waals surface area contributed by atoms with Crippen LogP contribution in [-0.2, 0) is 6.54 Å². The molecule has 6 nitrogen and oxygen atoms in total. The molecule has 2 N–H and O–H groups in total. The molecule has 0 unspecified atom stereocenters. The smallest absolute Gasteiger partial charge is 0.274 e. The number of aromatic nitrogens is 2. The minimum Gasteiger partial charge on any atom is -0.347 e. The van der Waals surface area contributed by atoms with Gasteiger partial charge in [0.1, 0.15) is 0 Å². The molecule has 0 fully saturated rings. The number of rotatable bonds is 5. The van der Waals surface area contributed by atoms with Crippen LogP contribution in [0.3, 0.4) is 0 Å². The van der Waals surface area contributed by atoms with Crippen LogP contribution in [0.4, 0.5) is 5.82 Å². The molecule has 7 heteroatoms. The van der Waals surface area contributed by atoms with Crippen molar-refractivity contribution in [1.82, 2.24) is 15.3 Å². The second kappa shape index (κ2) is 8.42. The first-order valence-corrected chi connectivity index (χ1v) is 8.62. The Bertz CT molecular complexity index is 956. The maximum atomic E-state index is 12.5. The number of amides is 2. The zero-order chi connectivity index (χ0) is 19.2. The number of benzene rings is 2. The SMILES string of the molecule is Cc1ccc(C(=O)Nc2nccnc2C(=O)NCc2ccc(Cl)cc2)cc1. The van der Waals surface area contributed by atoms with Crippen molar-refractivity contribution in [3.8, 4) is 0 Å². The van der Waals surface area contributed by atoms with E-state index in [0.29, 0.717) is 17.1 Å². The summed E-state index contributed by atoms with van der Waals surface area (Å²) in [6.07, 6.45) is 2.82. The van der Waals surface area contributed by atoms with Crippen LogP contribution in [0.5, 0.6) is 0 Å². The summed E-state index contributed by atoms with van der Waals surface area (Å²) in [5.74, 6) is -0.684. The third-order valence-electron chi connectivity index (χ3n) is 3.83. The van der Waals surface area contributed by atoms with Crippen molar-refractivity contribution in [3.05, 3.63) is 88.3 Å². The van der Waals surface area contributed by atoms with Crippen LogP contribution in [0.1, 0.15) is 32.0 Å². The fourth-order valence-corrected chi connectivity index (χ4v) is 2.47. The maximum Gasteiger partial charge on any atom is 0.274 e. The Kier molecular flexibility index (Phi) is 5.78. The molecule has 0 atom stereocenters. The summed E-state index contributed by atoms with van der Waals surface area (Å²) in [7, 11) is 0. The highest BCUT2D eigenvalue weighted by molar-refractivity contribution is 6.30. The van der Waals surface area contributed by atoms with E-state index in [-0.39, 0.29) is 17.4 Å². The van der Waals surface area contributed by atoms with Gasteiger partial charge in [0, 0.05) is 29.5 Å². The Morgan fingerprint density at radius 2 is 1.59 bits per heavy atom. The Labute approximate surface area is 161 Å². The van der Waals surface area contributed by atoms with E-state index in [1.165, 1.54) is 12.4 Å². The van der Waals surface area contributed by atoms with Crippen molar-refractivity contribution >= 4 is 29.2 Å². The van der Waals surface area contributed by atoms with Gasteiger partial charge < -0.3 is 10.6 Å². The van der Waals surface area contributed by atoms with Crippen molar-refractivity contribution in [2.45, 2.75) is 13.5 Å². The number of carbonyl (C=O) groups is 2. The number of halogens is 1. The quantitative estimate of drug-likeness (QED) is 0.708. The third kappa shape index (κ3) is 4.89. The van der Waals surface area contributed by atoms with Crippen LogP contribution >= 0.6 is 11.6 Å². The van der Waals surface area contributed by atoms with Gasteiger partial charge in [-0.2, -0.15) is 0 Å². The summed E-state index contributed by atoms with van der Waals surface area (Å²) < 4.78 is 0. The van der Waals surface area contributed by atoms with Crippen molar-refractivity contribution < 1.29 is 9.59 Å². The van der Waals surface area contributed by atoms with E-state index in [1.54, 1.807) is 24.3 Å². The van der Waals surface area contributed by atoms with E-state index in [9.17, 15) is 9.59 Å². The lowest BCUT2D eigenvalue weighted by molar-refractivity contribution is 0.0946. The molecule has 136 valence electrons. The third-order valence-corrected chi connectivity index (χ3v) is 4.08. The molecule has 0 aliphatic rings. The van der Waals surface area contributed by atoms with Crippen LogP contribution in [-0.4, -0.2) is 21.8 Å². The molecular formula is C20H17ClN4O2. The molecule has 27 heavy (non-hydrogen) atoms. The Morgan fingerprint density at radius 3 is 2.30 bits per heavy atom. The Balaban J connectivity index is 1.70. The molecule has 0 saturated heterocycles. The highest BCUT2D eigenvalue weighted by Crippen LogP contribution is 2.13. The van der Waals surface area contributed by atoms with Gasteiger partial charge in [0.25, 0.3) is 11.8 Å². The predicted molar refractivity (Wildman–Crippen MR) is 104 cm³/mol. The van der Waals surface area contributed by atoms with E-state index in [1.807, 2.05) is 31.2 Å². The molecule has 0 radical (unpaired) electrons. The normalized spacial score (nSPS) is 10.3. The summed E-state index contributed by atoms with van der Waals surface area (Å²) in [6.45, 7) is 2.24. The number of anilines is 1. The highest BCUT2D eigenvalue weighted by atomic mass is 35.5. The summed E-state index contributed by atoms with van der Waals surface area (Å²) in [5.41, 5.74) is 2.46. The molecule has 0 spiro atoms. The number of aryl methyl sites for hydroxylation is 1. The monoisotopic (exact) mass is 380 g/mol. The van der Waals surface area contributed by atoms with Crippen LogP contribution < -0.4 is 10.6 Å². The average Bonchev–Trinajstić information content (AvgIpc) is 2.68. The fourth-order valence-electron chi connectivity index (χ4n) is 2.35. The zero-order valence-corrected chi connectivity index (χ0v) is 15.3. The number of nitrogens with one attached hydrogen (secondary N) is 2. The lowest BCUT2D eigenvalue weighted by Gasteiger charge is -2.10. The number of nitrogens with zero attached hydrogens (tertiary/aromatic N) is 2. The van der Waals surface area contributed by atoms with Gasteiger partial charge in [-0.25, -0.2) is 9.97 Å². The largest absolute Gasteiger partial charge is 0.347 e. The standard InChI is InChI=1S/C20H17ClN4O2/c1-13-2-6-15(7-3-13)19(26)25-18-17(22-10-11-23-18)20(27)24-12-14-4-8-16(21)9-5-14/h2-11H,12H2,1H3,(H,24,27)(H,23,25,26). The van der Waals surface area contributed by atoms with Crippen molar-refractivity contribution in [3.63, 3.8) is 0 Å². The topological polar surface area (TPSA) is 84.0 Å². The maximum absolute atomic E-state index is 12.5. The summed E-state index contributed by atoms with van der Waals surface area (Å²) >= 11 is 5.85.